The summed E-state index contributed by atoms with van der Waals surface area (Å²) in [6, 6.07) is 15.5. The van der Waals surface area contributed by atoms with E-state index in [0.29, 0.717) is 18.8 Å². The molecule has 6 nitrogen and oxygen atoms in total. The molecule has 4 rings (SSSR count). The second-order valence-electron chi connectivity index (χ2n) is 5.86. The van der Waals surface area contributed by atoms with Gasteiger partial charge >= 0.3 is 0 Å². The van der Waals surface area contributed by atoms with Gasteiger partial charge in [-0.05, 0) is 18.6 Å². The zero-order valence-corrected chi connectivity index (χ0v) is 13.1. The number of hydrogen-bond donors (Lipinski definition) is 0. The summed E-state index contributed by atoms with van der Waals surface area (Å²) >= 11 is 0. The van der Waals surface area contributed by atoms with E-state index in [1.165, 1.54) is 0 Å². The Morgan fingerprint density at radius 1 is 1.08 bits per heavy atom. The number of carbonyl (C=O) groups is 1. The van der Waals surface area contributed by atoms with Crippen molar-refractivity contribution in [3.8, 4) is 11.3 Å². The van der Waals surface area contributed by atoms with Crippen LogP contribution in [-0.2, 0) is 0 Å². The van der Waals surface area contributed by atoms with Crippen molar-refractivity contribution in [3.63, 3.8) is 0 Å². The predicted molar refractivity (Wildman–Crippen MR) is 89.3 cm³/mol. The lowest BCUT2D eigenvalue weighted by molar-refractivity contribution is 0.0781. The zero-order chi connectivity index (χ0) is 16.4. The Morgan fingerprint density at radius 3 is 2.71 bits per heavy atom. The van der Waals surface area contributed by atoms with Crippen molar-refractivity contribution in [1.82, 2.24) is 24.9 Å². The van der Waals surface area contributed by atoms with Gasteiger partial charge in [-0.3, -0.25) is 9.78 Å². The van der Waals surface area contributed by atoms with Crippen molar-refractivity contribution in [2.75, 3.05) is 13.1 Å². The second-order valence-corrected chi connectivity index (χ2v) is 5.86. The molecule has 3 heterocycles. The van der Waals surface area contributed by atoms with Crippen LogP contribution in [0.1, 0.15) is 23.0 Å². The number of hydrogen-bond acceptors (Lipinski definition) is 4. The summed E-state index contributed by atoms with van der Waals surface area (Å²) in [5, 5.41) is 8.51. The highest BCUT2D eigenvalue weighted by Gasteiger charge is 2.29. The van der Waals surface area contributed by atoms with E-state index in [1.54, 1.807) is 12.3 Å². The molecule has 3 aromatic rings. The third-order valence-corrected chi connectivity index (χ3v) is 4.29. The van der Waals surface area contributed by atoms with Crippen molar-refractivity contribution < 1.29 is 4.79 Å². The first kappa shape index (κ1) is 14.6. The van der Waals surface area contributed by atoms with Gasteiger partial charge in [0.25, 0.3) is 5.91 Å². The maximum atomic E-state index is 12.5. The van der Waals surface area contributed by atoms with Crippen molar-refractivity contribution >= 4 is 5.91 Å². The van der Waals surface area contributed by atoms with E-state index in [9.17, 15) is 4.79 Å². The Balaban J connectivity index is 1.48. The Labute approximate surface area is 139 Å². The molecule has 0 unspecified atom stereocenters. The van der Waals surface area contributed by atoms with E-state index in [2.05, 4.69) is 15.3 Å². The van der Waals surface area contributed by atoms with Crippen LogP contribution in [0, 0.1) is 0 Å². The number of amides is 1. The highest BCUT2D eigenvalue weighted by molar-refractivity contribution is 5.92. The largest absolute Gasteiger partial charge is 0.335 e. The summed E-state index contributed by atoms with van der Waals surface area (Å²) in [7, 11) is 0. The minimum absolute atomic E-state index is 0.0264. The van der Waals surface area contributed by atoms with Gasteiger partial charge < -0.3 is 4.90 Å². The molecule has 1 aliphatic heterocycles. The summed E-state index contributed by atoms with van der Waals surface area (Å²) in [6.07, 6.45) is 4.47. The smallest absolute Gasteiger partial charge is 0.272 e. The van der Waals surface area contributed by atoms with E-state index in [-0.39, 0.29) is 11.9 Å². The molecular formula is C18H17N5O. The summed E-state index contributed by atoms with van der Waals surface area (Å²) in [5.41, 5.74) is 2.38. The molecule has 1 atom stereocenters. The standard InChI is InChI=1S/C18H17N5O/c24-18(16-8-4-5-10-19-16)22-11-9-15(12-22)23-13-17(20-21-23)14-6-2-1-3-7-14/h1-8,10,13,15H,9,11-12H2/t15-/m1/s1. The van der Waals surface area contributed by atoms with Crippen LogP contribution in [0.2, 0.25) is 0 Å². The fourth-order valence-electron chi connectivity index (χ4n) is 2.99. The Bertz CT molecular complexity index is 831. The molecule has 1 amide bonds. The maximum absolute atomic E-state index is 12.5. The van der Waals surface area contributed by atoms with E-state index in [0.717, 1.165) is 17.7 Å². The van der Waals surface area contributed by atoms with Gasteiger partial charge in [0, 0.05) is 24.8 Å². The van der Waals surface area contributed by atoms with Crippen molar-refractivity contribution in [3.05, 3.63) is 66.6 Å². The molecule has 0 spiro atoms. The van der Waals surface area contributed by atoms with Crippen LogP contribution in [0.5, 0.6) is 0 Å². The normalized spacial score (nSPS) is 17.2. The molecule has 0 radical (unpaired) electrons. The molecule has 120 valence electrons. The first-order valence-corrected chi connectivity index (χ1v) is 7.99. The van der Waals surface area contributed by atoms with Gasteiger partial charge in [-0.1, -0.05) is 41.6 Å². The number of rotatable bonds is 3. The van der Waals surface area contributed by atoms with Crippen LogP contribution in [0.3, 0.4) is 0 Å². The summed E-state index contributed by atoms with van der Waals surface area (Å²) in [6.45, 7) is 1.34. The predicted octanol–water partition coefficient (Wildman–Crippen LogP) is 2.43. The molecule has 1 aliphatic rings. The maximum Gasteiger partial charge on any atom is 0.272 e. The molecule has 0 N–H and O–H groups in total. The Morgan fingerprint density at radius 2 is 1.92 bits per heavy atom. The van der Waals surface area contributed by atoms with Gasteiger partial charge in [-0.2, -0.15) is 0 Å². The van der Waals surface area contributed by atoms with Gasteiger partial charge in [0.1, 0.15) is 11.4 Å². The van der Waals surface area contributed by atoms with Gasteiger partial charge in [0.2, 0.25) is 0 Å². The van der Waals surface area contributed by atoms with Crippen molar-refractivity contribution in [2.45, 2.75) is 12.5 Å². The molecule has 1 fully saturated rings. The summed E-state index contributed by atoms with van der Waals surface area (Å²) in [4.78, 5) is 18.4. The number of aromatic nitrogens is 4. The molecule has 1 saturated heterocycles. The quantitative estimate of drug-likeness (QED) is 0.744. The SMILES string of the molecule is O=C(c1ccccn1)N1CC[C@@H](n2cc(-c3ccccc3)nn2)C1. The average Bonchev–Trinajstić information content (AvgIpc) is 3.32. The van der Waals surface area contributed by atoms with E-state index in [4.69, 9.17) is 0 Å². The number of nitrogens with zero attached hydrogens (tertiary/aromatic N) is 5. The first-order valence-electron chi connectivity index (χ1n) is 7.99. The number of likely N-dealkylation sites (tertiary alicyclic amines) is 1. The van der Waals surface area contributed by atoms with Gasteiger partial charge in [0.15, 0.2) is 0 Å². The van der Waals surface area contributed by atoms with Crippen LogP contribution in [0.15, 0.2) is 60.9 Å². The first-order chi connectivity index (χ1) is 11.8. The summed E-state index contributed by atoms with van der Waals surface area (Å²) in [5.74, 6) is -0.0264. The average molecular weight is 319 g/mol. The van der Waals surface area contributed by atoms with Crippen LogP contribution in [-0.4, -0.2) is 43.9 Å². The second kappa shape index (κ2) is 6.23. The van der Waals surface area contributed by atoms with Gasteiger partial charge in [-0.25, -0.2) is 4.68 Å². The molecular weight excluding hydrogens is 302 g/mol. The topological polar surface area (TPSA) is 63.9 Å². The molecule has 1 aromatic carbocycles. The van der Waals surface area contributed by atoms with Crippen molar-refractivity contribution in [2.24, 2.45) is 0 Å². The Kier molecular flexibility index (Phi) is 3.78. The molecule has 0 aliphatic carbocycles. The van der Waals surface area contributed by atoms with Crippen LogP contribution in [0.4, 0.5) is 0 Å². The van der Waals surface area contributed by atoms with E-state index in [1.807, 2.05) is 58.2 Å². The third kappa shape index (κ3) is 2.78. The minimum atomic E-state index is -0.0264. The van der Waals surface area contributed by atoms with Gasteiger partial charge in [0.05, 0.1) is 12.2 Å². The van der Waals surface area contributed by atoms with Gasteiger partial charge in [-0.15, -0.1) is 5.10 Å². The molecule has 0 saturated carbocycles. The lowest BCUT2D eigenvalue weighted by Gasteiger charge is -2.15. The number of pyridine rings is 1. The molecule has 2 aromatic heterocycles. The minimum Gasteiger partial charge on any atom is -0.335 e. The highest BCUT2D eigenvalue weighted by atomic mass is 16.2. The molecule has 0 bridgehead atoms. The lowest BCUT2D eigenvalue weighted by atomic mass is 10.2. The number of benzene rings is 1. The van der Waals surface area contributed by atoms with Crippen LogP contribution in [0.25, 0.3) is 11.3 Å². The van der Waals surface area contributed by atoms with Crippen LogP contribution < -0.4 is 0 Å². The Hall–Kier alpha value is -3.02. The van der Waals surface area contributed by atoms with Crippen molar-refractivity contribution in [1.29, 1.82) is 0 Å². The highest BCUT2D eigenvalue weighted by Crippen LogP contribution is 2.24. The fraction of sp³-hybridized carbons (Fsp3) is 0.222. The zero-order valence-electron chi connectivity index (χ0n) is 13.1. The van der Waals surface area contributed by atoms with Crippen LogP contribution >= 0.6 is 0 Å². The van der Waals surface area contributed by atoms with E-state index >= 15 is 0 Å². The van der Waals surface area contributed by atoms with E-state index < -0.39 is 0 Å². The monoisotopic (exact) mass is 319 g/mol. The molecule has 6 heteroatoms. The lowest BCUT2D eigenvalue weighted by Crippen LogP contribution is -2.29. The number of carbonyl (C=O) groups excluding carboxylic acids is 1. The third-order valence-electron chi connectivity index (χ3n) is 4.29. The molecule has 24 heavy (non-hydrogen) atoms. The summed E-state index contributed by atoms with van der Waals surface area (Å²) < 4.78 is 1.87. The fourth-order valence-corrected chi connectivity index (χ4v) is 2.99.